The number of rotatable bonds is 4. The molecule has 2 aromatic rings. The summed E-state index contributed by atoms with van der Waals surface area (Å²) in [5, 5.41) is 2.83. The van der Waals surface area contributed by atoms with Gasteiger partial charge in [0.15, 0.2) is 0 Å². The van der Waals surface area contributed by atoms with Gasteiger partial charge in [-0.2, -0.15) is 0 Å². The molecule has 1 atom stereocenters. The van der Waals surface area contributed by atoms with Gasteiger partial charge in [-0.25, -0.2) is 9.78 Å². The Morgan fingerprint density at radius 1 is 1.20 bits per heavy atom. The standard InChI is InChI=1S/C23H31N3O3S/c1-16(17-9-7-6-8-10-17)25(5)21(27)19-15-30-20(24-19)18-11-13-26(14-12-18)22(28)29-23(2,3)4/h6-10,15-16,18H,11-14H2,1-5H3. The number of carbonyl (C=O) groups is 2. The van der Waals surface area contributed by atoms with Crippen LogP contribution in [-0.2, 0) is 4.74 Å². The molecule has 1 aromatic heterocycles. The number of thiazole rings is 1. The van der Waals surface area contributed by atoms with E-state index >= 15 is 0 Å². The Kier molecular flexibility index (Phi) is 6.81. The molecule has 7 heteroatoms. The summed E-state index contributed by atoms with van der Waals surface area (Å²) in [4.78, 5) is 33.3. The number of hydrogen-bond acceptors (Lipinski definition) is 5. The normalized spacial score (nSPS) is 16.2. The van der Waals surface area contributed by atoms with Crippen molar-refractivity contribution in [3.05, 3.63) is 52.0 Å². The van der Waals surface area contributed by atoms with Crippen LogP contribution in [0.2, 0.25) is 0 Å². The Hall–Kier alpha value is -2.41. The number of ether oxygens (including phenoxy) is 1. The summed E-state index contributed by atoms with van der Waals surface area (Å²) >= 11 is 1.54. The fraction of sp³-hybridized carbons (Fsp3) is 0.522. The first-order valence-corrected chi connectivity index (χ1v) is 11.3. The predicted molar refractivity (Wildman–Crippen MR) is 119 cm³/mol. The van der Waals surface area contributed by atoms with Crippen molar-refractivity contribution in [2.75, 3.05) is 20.1 Å². The van der Waals surface area contributed by atoms with E-state index in [1.54, 1.807) is 9.80 Å². The summed E-state index contributed by atoms with van der Waals surface area (Å²) in [6.07, 6.45) is 1.40. The van der Waals surface area contributed by atoms with Crippen molar-refractivity contribution in [3.8, 4) is 0 Å². The summed E-state index contributed by atoms with van der Waals surface area (Å²) in [5.41, 5.74) is 1.11. The number of aromatic nitrogens is 1. The van der Waals surface area contributed by atoms with Gasteiger partial charge in [0.05, 0.1) is 11.0 Å². The Bertz CT molecular complexity index is 867. The quantitative estimate of drug-likeness (QED) is 0.679. The summed E-state index contributed by atoms with van der Waals surface area (Å²) in [7, 11) is 1.82. The molecule has 1 aliphatic rings. The lowest BCUT2D eigenvalue weighted by molar-refractivity contribution is 0.0204. The van der Waals surface area contributed by atoms with E-state index in [1.807, 2.05) is 70.5 Å². The highest BCUT2D eigenvalue weighted by Crippen LogP contribution is 2.31. The van der Waals surface area contributed by atoms with Gasteiger partial charge in [0, 0.05) is 31.4 Å². The molecule has 6 nitrogen and oxygen atoms in total. The molecule has 1 aromatic carbocycles. The molecule has 1 fully saturated rings. The first-order valence-electron chi connectivity index (χ1n) is 10.4. The van der Waals surface area contributed by atoms with Crippen LogP contribution in [0, 0.1) is 0 Å². The molecule has 0 spiro atoms. The van der Waals surface area contributed by atoms with Crippen molar-refractivity contribution in [1.82, 2.24) is 14.8 Å². The minimum absolute atomic E-state index is 0.0269. The average molecular weight is 430 g/mol. The summed E-state index contributed by atoms with van der Waals surface area (Å²) in [6.45, 7) is 8.94. The smallest absolute Gasteiger partial charge is 0.410 e. The zero-order chi connectivity index (χ0) is 21.9. The van der Waals surface area contributed by atoms with Gasteiger partial charge in [-0.1, -0.05) is 30.3 Å². The first-order chi connectivity index (χ1) is 14.2. The second-order valence-corrected chi connectivity index (χ2v) is 9.71. The number of amides is 2. The maximum atomic E-state index is 12.9. The maximum Gasteiger partial charge on any atom is 0.410 e. The number of benzene rings is 1. The predicted octanol–water partition coefficient (Wildman–Crippen LogP) is 5.09. The summed E-state index contributed by atoms with van der Waals surface area (Å²) < 4.78 is 5.46. The zero-order valence-electron chi connectivity index (χ0n) is 18.4. The third-order valence-electron chi connectivity index (χ3n) is 5.42. The molecule has 0 saturated carbocycles. The van der Waals surface area contributed by atoms with E-state index < -0.39 is 5.60 Å². The molecule has 30 heavy (non-hydrogen) atoms. The van der Waals surface area contributed by atoms with E-state index in [-0.39, 0.29) is 24.0 Å². The Morgan fingerprint density at radius 3 is 2.43 bits per heavy atom. The Morgan fingerprint density at radius 2 is 1.83 bits per heavy atom. The van der Waals surface area contributed by atoms with Gasteiger partial charge in [0.2, 0.25) is 0 Å². The third kappa shape index (κ3) is 5.39. The van der Waals surface area contributed by atoms with Crippen LogP contribution < -0.4 is 0 Å². The van der Waals surface area contributed by atoms with E-state index in [1.165, 1.54) is 11.3 Å². The van der Waals surface area contributed by atoms with Crippen LogP contribution in [-0.4, -0.2) is 52.5 Å². The van der Waals surface area contributed by atoms with Gasteiger partial charge in [0.1, 0.15) is 11.3 Å². The highest BCUT2D eigenvalue weighted by atomic mass is 32.1. The van der Waals surface area contributed by atoms with E-state index in [0.717, 1.165) is 23.4 Å². The van der Waals surface area contributed by atoms with Crippen LogP contribution in [0.3, 0.4) is 0 Å². The second-order valence-electron chi connectivity index (χ2n) is 8.82. The molecule has 1 saturated heterocycles. The Balaban J connectivity index is 1.59. The number of likely N-dealkylation sites (tertiary alicyclic amines) is 1. The fourth-order valence-corrected chi connectivity index (χ4v) is 4.49. The topological polar surface area (TPSA) is 62.7 Å². The van der Waals surface area contributed by atoms with Crippen LogP contribution >= 0.6 is 11.3 Å². The van der Waals surface area contributed by atoms with Gasteiger partial charge < -0.3 is 14.5 Å². The molecule has 1 aliphatic heterocycles. The molecule has 3 rings (SSSR count). The largest absolute Gasteiger partial charge is 0.444 e. The molecule has 0 N–H and O–H groups in total. The summed E-state index contributed by atoms with van der Waals surface area (Å²) in [6, 6.07) is 9.96. The van der Waals surface area contributed by atoms with Gasteiger partial charge in [-0.3, -0.25) is 4.79 Å². The third-order valence-corrected chi connectivity index (χ3v) is 6.43. The molecular formula is C23H31N3O3S. The summed E-state index contributed by atoms with van der Waals surface area (Å²) in [5.74, 6) is 0.201. The van der Waals surface area contributed by atoms with Gasteiger partial charge in [-0.05, 0) is 46.1 Å². The number of hydrogen-bond donors (Lipinski definition) is 0. The number of piperidine rings is 1. The molecule has 2 amide bonds. The van der Waals surface area contributed by atoms with Gasteiger partial charge in [-0.15, -0.1) is 11.3 Å². The van der Waals surface area contributed by atoms with Crippen LogP contribution in [0.5, 0.6) is 0 Å². The van der Waals surface area contributed by atoms with Crippen LogP contribution in [0.15, 0.2) is 35.7 Å². The van der Waals surface area contributed by atoms with Crippen molar-refractivity contribution in [3.63, 3.8) is 0 Å². The molecule has 0 bridgehead atoms. The molecule has 1 unspecified atom stereocenters. The van der Waals surface area contributed by atoms with E-state index in [4.69, 9.17) is 4.74 Å². The zero-order valence-corrected chi connectivity index (χ0v) is 19.2. The van der Waals surface area contributed by atoms with Crippen molar-refractivity contribution in [2.45, 2.75) is 58.1 Å². The maximum absolute atomic E-state index is 12.9. The molecule has 0 radical (unpaired) electrons. The van der Waals surface area contributed by atoms with Gasteiger partial charge in [0.25, 0.3) is 5.91 Å². The highest BCUT2D eigenvalue weighted by molar-refractivity contribution is 7.09. The van der Waals surface area contributed by atoms with Crippen LogP contribution in [0.4, 0.5) is 4.79 Å². The number of nitrogens with zero attached hydrogens (tertiary/aromatic N) is 3. The molecular weight excluding hydrogens is 398 g/mol. The Labute approximate surface area is 182 Å². The average Bonchev–Trinajstić information content (AvgIpc) is 3.22. The van der Waals surface area contributed by atoms with Crippen molar-refractivity contribution in [1.29, 1.82) is 0 Å². The van der Waals surface area contributed by atoms with E-state index in [9.17, 15) is 9.59 Å². The van der Waals surface area contributed by atoms with E-state index in [2.05, 4.69) is 4.98 Å². The molecule has 0 aliphatic carbocycles. The van der Waals surface area contributed by atoms with E-state index in [0.29, 0.717) is 18.8 Å². The minimum Gasteiger partial charge on any atom is -0.444 e. The van der Waals surface area contributed by atoms with Gasteiger partial charge >= 0.3 is 6.09 Å². The SMILES string of the molecule is CC(c1ccccc1)N(C)C(=O)c1csc(C2CCN(C(=O)OC(C)(C)C)CC2)n1. The van der Waals surface area contributed by atoms with Crippen molar-refractivity contribution >= 4 is 23.3 Å². The molecule has 2 heterocycles. The lowest BCUT2D eigenvalue weighted by Crippen LogP contribution is -2.41. The fourth-order valence-electron chi connectivity index (χ4n) is 3.52. The second kappa shape index (κ2) is 9.16. The lowest BCUT2D eigenvalue weighted by Gasteiger charge is -2.32. The lowest BCUT2D eigenvalue weighted by atomic mass is 9.98. The molecule has 162 valence electrons. The minimum atomic E-state index is -0.485. The van der Waals surface area contributed by atoms with Crippen molar-refractivity contribution < 1.29 is 14.3 Å². The van der Waals surface area contributed by atoms with Crippen LogP contribution in [0.1, 0.15) is 73.6 Å². The van der Waals surface area contributed by atoms with Crippen molar-refractivity contribution in [2.24, 2.45) is 0 Å². The monoisotopic (exact) mass is 429 g/mol. The number of carbonyl (C=O) groups excluding carboxylic acids is 2. The highest BCUT2D eigenvalue weighted by Gasteiger charge is 2.29. The first kappa shape index (κ1) is 22.3. The van der Waals surface area contributed by atoms with Crippen LogP contribution in [0.25, 0.3) is 0 Å².